The Bertz CT molecular complexity index is 765. The van der Waals surface area contributed by atoms with Crippen molar-refractivity contribution in [3.63, 3.8) is 0 Å². The third kappa shape index (κ3) is 4.07. The highest BCUT2D eigenvalue weighted by Gasteiger charge is 2.41. The fourth-order valence-corrected chi connectivity index (χ4v) is 4.43. The molecule has 1 aromatic carbocycles. The van der Waals surface area contributed by atoms with Crippen LogP contribution in [-0.2, 0) is 14.8 Å². The summed E-state index contributed by atoms with van der Waals surface area (Å²) < 4.78 is 26.2. The number of carboxylic acid groups (broad SMARTS) is 1. The predicted octanol–water partition coefficient (Wildman–Crippen LogP) is 2.23. The maximum atomic E-state index is 12.5. The molecule has 26 heavy (non-hydrogen) atoms. The first kappa shape index (κ1) is 20.4. The van der Waals surface area contributed by atoms with Crippen LogP contribution in [0.1, 0.15) is 56.3 Å². The van der Waals surface area contributed by atoms with Crippen LogP contribution in [0.5, 0.6) is 0 Å². The number of amides is 1. The average Bonchev–Trinajstić information content (AvgIpc) is 2.61. The van der Waals surface area contributed by atoms with Gasteiger partial charge in [0.05, 0.1) is 4.90 Å². The number of sulfonamides is 1. The fourth-order valence-electron chi connectivity index (χ4n) is 3.06. The third-order valence-electron chi connectivity index (χ3n) is 4.99. The third-order valence-corrected chi connectivity index (χ3v) is 7.04. The molecule has 0 heterocycles. The molecule has 1 fully saturated rings. The average molecular weight is 382 g/mol. The second kappa shape index (κ2) is 7.75. The van der Waals surface area contributed by atoms with E-state index in [-0.39, 0.29) is 16.5 Å². The molecule has 2 rings (SSSR count). The first-order chi connectivity index (χ1) is 12.1. The van der Waals surface area contributed by atoms with Gasteiger partial charge in [-0.1, -0.05) is 19.3 Å². The van der Waals surface area contributed by atoms with Crippen molar-refractivity contribution in [1.82, 2.24) is 9.62 Å². The van der Waals surface area contributed by atoms with Gasteiger partial charge in [-0.2, -0.15) is 4.31 Å². The van der Waals surface area contributed by atoms with E-state index in [4.69, 9.17) is 0 Å². The number of nitrogens with one attached hydrogen (secondary N) is 1. The minimum atomic E-state index is -3.63. The van der Waals surface area contributed by atoms with Gasteiger partial charge in [0.15, 0.2) is 0 Å². The van der Waals surface area contributed by atoms with Gasteiger partial charge >= 0.3 is 5.97 Å². The van der Waals surface area contributed by atoms with Crippen molar-refractivity contribution in [3.8, 4) is 0 Å². The molecule has 0 bridgehead atoms. The van der Waals surface area contributed by atoms with Crippen LogP contribution in [0, 0.1) is 0 Å². The van der Waals surface area contributed by atoms with E-state index < -0.39 is 27.4 Å². The summed E-state index contributed by atoms with van der Waals surface area (Å²) in [6, 6.07) is 5.38. The van der Waals surface area contributed by atoms with Crippen molar-refractivity contribution in [3.05, 3.63) is 29.8 Å². The lowest BCUT2D eigenvalue weighted by molar-refractivity contribution is -0.145. The predicted molar refractivity (Wildman–Crippen MR) is 97.4 cm³/mol. The Balaban J connectivity index is 2.20. The topological polar surface area (TPSA) is 104 Å². The Morgan fingerprint density at radius 1 is 1.12 bits per heavy atom. The van der Waals surface area contributed by atoms with Crippen LogP contribution < -0.4 is 5.32 Å². The summed E-state index contributed by atoms with van der Waals surface area (Å²) >= 11 is 0. The summed E-state index contributed by atoms with van der Waals surface area (Å²) in [5, 5.41) is 12.2. The van der Waals surface area contributed by atoms with E-state index in [0.29, 0.717) is 12.8 Å². The van der Waals surface area contributed by atoms with Gasteiger partial charge in [0.25, 0.3) is 5.91 Å². The molecule has 144 valence electrons. The standard InChI is InChI=1S/C18H26N2O5S/c1-13(2)20(3)26(24,25)15-9-7-14(8-10-15)16(21)19-18(17(22)23)11-5-4-6-12-18/h7-10,13H,4-6,11-12H2,1-3H3,(H,19,21)(H,22,23). The molecular formula is C18H26N2O5S. The van der Waals surface area contributed by atoms with E-state index in [1.165, 1.54) is 35.6 Å². The maximum absolute atomic E-state index is 12.5. The summed E-state index contributed by atoms with van der Waals surface area (Å²) in [6.45, 7) is 3.55. The van der Waals surface area contributed by atoms with E-state index in [9.17, 15) is 23.1 Å². The molecule has 0 saturated heterocycles. The zero-order chi connectivity index (χ0) is 19.5. The Hall–Kier alpha value is -1.93. The number of hydrogen-bond donors (Lipinski definition) is 2. The highest BCUT2D eigenvalue weighted by Crippen LogP contribution is 2.29. The van der Waals surface area contributed by atoms with E-state index >= 15 is 0 Å². The minimum Gasteiger partial charge on any atom is -0.480 e. The Morgan fingerprint density at radius 2 is 1.65 bits per heavy atom. The molecule has 2 N–H and O–H groups in total. The van der Waals surface area contributed by atoms with Crippen molar-refractivity contribution >= 4 is 21.9 Å². The molecule has 1 aliphatic carbocycles. The first-order valence-corrected chi connectivity index (χ1v) is 10.2. The lowest BCUT2D eigenvalue weighted by Gasteiger charge is -2.34. The number of rotatable bonds is 6. The highest BCUT2D eigenvalue weighted by atomic mass is 32.2. The first-order valence-electron chi connectivity index (χ1n) is 8.74. The van der Waals surface area contributed by atoms with E-state index in [1.54, 1.807) is 13.8 Å². The number of carbonyl (C=O) groups excluding carboxylic acids is 1. The normalized spacial score (nSPS) is 17.3. The van der Waals surface area contributed by atoms with Gasteiger partial charge in [-0.05, 0) is 51.0 Å². The maximum Gasteiger partial charge on any atom is 0.329 e. The van der Waals surface area contributed by atoms with Gasteiger partial charge in [-0.3, -0.25) is 4.79 Å². The highest BCUT2D eigenvalue weighted by molar-refractivity contribution is 7.89. The summed E-state index contributed by atoms with van der Waals surface area (Å²) in [5.41, 5.74) is -1.000. The molecule has 8 heteroatoms. The molecular weight excluding hydrogens is 356 g/mol. The molecule has 0 aromatic heterocycles. The Kier molecular flexibility index (Phi) is 6.08. The minimum absolute atomic E-state index is 0.0934. The smallest absolute Gasteiger partial charge is 0.329 e. The number of aliphatic carboxylic acids is 1. The molecule has 1 amide bonds. The van der Waals surface area contributed by atoms with Crippen LogP contribution in [0.25, 0.3) is 0 Å². The van der Waals surface area contributed by atoms with Crippen molar-refractivity contribution < 1.29 is 23.1 Å². The molecule has 0 unspecified atom stereocenters. The zero-order valence-corrected chi connectivity index (χ0v) is 16.2. The summed E-state index contributed by atoms with van der Waals surface area (Å²) in [6.07, 6.45) is 3.27. The van der Waals surface area contributed by atoms with E-state index in [2.05, 4.69) is 5.32 Å². The largest absolute Gasteiger partial charge is 0.480 e. The van der Waals surface area contributed by atoms with Gasteiger partial charge in [0, 0.05) is 18.7 Å². The number of benzene rings is 1. The van der Waals surface area contributed by atoms with E-state index in [0.717, 1.165) is 19.3 Å². The quantitative estimate of drug-likeness (QED) is 0.785. The fraction of sp³-hybridized carbons (Fsp3) is 0.556. The van der Waals surface area contributed by atoms with Crippen LogP contribution in [-0.4, -0.2) is 48.3 Å². The van der Waals surface area contributed by atoms with Crippen LogP contribution in [0.2, 0.25) is 0 Å². The summed E-state index contributed by atoms with van der Waals surface area (Å²) in [4.78, 5) is 24.3. The van der Waals surface area contributed by atoms with Gasteiger partial charge in [0.2, 0.25) is 10.0 Å². The lowest BCUT2D eigenvalue weighted by atomic mass is 9.81. The number of carbonyl (C=O) groups is 2. The van der Waals surface area contributed by atoms with E-state index in [1.807, 2.05) is 0 Å². The molecule has 1 saturated carbocycles. The Labute approximate surface area is 154 Å². The molecule has 0 atom stereocenters. The van der Waals surface area contributed by atoms with Gasteiger partial charge in [0.1, 0.15) is 5.54 Å². The van der Waals surface area contributed by atoms with Crippen molar-refractivity contribution in [2.75, 3.05) is 7.05 Å². The lowest BCUT2D eigenvalue weighted by Crippen LogP contribution is -2.55. The van der Waals surface area contributed by atoms with Crippen molar-refractivity contribution in [2.24, 2.45) is 0 Å². The zero-order valence-electron chi connectivity index (χ0n) is 15.4. The van der Waals surface area contributed by atoms with Crippen molar-refractivity contribution in [1.29, 1.82) is 0 Å². The molecule has 0 radical (unpaired) electrons. The molecule has 7 nitrogen and oxygen atoms in total. The second-order valence-electron chi connectivity index (χ2n) is 7.04. The molecule has 1 aromatic rings. The van der Waals surface area contributed by atoms with Crippen LogP contribution in [0.4, 0.5) is 0 Å². The molecule has 0 spiro atoms. The number of carboxylic acids is 1. The monoisotopic (exact) mass is 382 g/mol. The van der Waals surface area contributed by atoms with Crippen LogP contribution in [0.15, 0.2) is 29.2 Å². The van der Waals surface area contributed by atoms with Crippen molar-refractivity contribution in [2.45, 2.75) is 62.4 Å². The Morgan fingerprint density at radius 3 is 2.12 bits per heavy atom. The number of hydrogen-bond acceptors (Lipinski definition) is 4. The molecule has 1 aliphatic rings. The van der Waals surface area contributed by atoms with Gasteiger partial charge < -0.3 is 10.4 Å². The molecule has 0 aliphatic heterocycles. The van der Waals surface area contributed by atoms with Gasteiger partial charge in [-0.15, -0.1) is 0 Å². The summed E-state index contributed by atoms with van der Waals surface area (Å²) in [7, 11) is -2.13. The van der Waals surface area contributed by atoms with Crippen LogP contribution in [0.3, 0.4) is 0 Å². The van der Waals surface area contributed by atoms with Gasteiger partial charge in [-0.25, -0.2) is 13.2 Å². The second-order valence-corrected chi connectivity index (χ2v) is 9.04. The number of nitrogens with zero attached hydrogens (tertiary/aromatic N) is 1. The summed E-state index contributed by atoms with van der Waals surface area (Å²) in [5.74, 6) is -1.53. The van der Waals surface area contributed by atoms with Crippen LogP contribution >= 0.6 is 0 Å². The SMILES string of the molecule is CC(C)N(C)S(=O)(=O)c1ccc(C(=O)NC2(C(=O)O)CCCCC2)cc1.